The van der Waals surface area contributed by atoms with Crippen molar-refractivity contribution < 1.29 is 36.2 Å². The molecule has 1 amide bonds. The van der Waals surface area contributed by atoms with Crippen LogP contribution < -0.4 is 5.32 Å². The van der Waals surface area contributed by atoms with Gasteiger partial charge in [0.15, 0.2) is 0 Å². The van der Waals surface area contributed by atoms with Gasteiger partial charge in [-0.15, -0.1) is 0 Å². The Morgan fingerprint density at radius 1 is 1.48 bits per heavy atom. The minimum atomic E-state index is -3.02. The molecule has 0 spiro atoms. The Morgan fingerprint density at radius 3 is 2.76 bits per heavy atom. The second kappa shape index (κ2) is 10.3. The lowest BCUT2D eigenvalue weighted by Crippen LogP contribution is -2.45. The number of carbonyl (C=O) groups excluding carboxylic acids is 3. The van der Waals surface area contributed by atoms with Gasteiger partial charge in [-0.25, -0.2) is 0 Å². The standard InChI is InChI=1S/C13H21N3O4S/c1-8(2)21-13(19)11(6-5-10(17)7-15-14)16-12(18)9(3)20-4/h7-9,11,14H,5-6H2,1-4H3/p+1/t9-,11-/m0/s1/i1D3,2D3,4D3. The lowest BCUT2D eigenvalue weighted by Gasteiger charge is -2.19. The van der Waals surface area contributed by atoms with Crippen LogP contribution in [0.1, 0.15) is 45.8 Å². The van der Waals surface area contributed by atoms with E-state index < -0.39 is 54.9 Å². The Balaban J connectivity index is 5.55. The van der Waals surface area contributed by atoms with Crippen LogP contribution in [0.25, 0.3) is 0 Å². The summed E-state index contributed by atoms with van der Waals surface area (Å²) in [5.74, 6) is -1.71. The van der Waals surface area contributed by atoms with Crippen LogP contribution in [0.4, 0.5) is 0 Å². The molecule has 2 N–H and O–H groups in total. The van der Waals surface area contributed by atoms with Crippen molar-refractivity contribution in [3.05, 3.63) is 0 Å². The quantitative estimate of drug-likeness (QED) is 0.371. The minimum absolute atomic E-state index is 0.0140. The van der Waals surface area contributed by atoms with E-state index in [2.05, 4.69) is 14.8 Å². The van der Waals surface area contributed by atoms with Crippen molar-refractivity contribution in [2.24, 2.45) is 0 Å². The van der Waals surface area contributed by atoms with Crippen LogP contribution in [0.2, 0.25) is 0 Å². The molecule has 0 unspecified atom stereocenters. The molecule has 0 saturated carbocycles. The smallest absolute Gasteiger partial charge is 0.372 e. The molecule has 0 aliphatic heterocycles. The lowest BCUT2D eigenvalue weighted by atomic mass is 10.1. The topological polar surface area (TPSA) is 110 Å². The summed E-state index contributed by atoms with van der Waals surface area (Å²) >= 11 is -0.0140. The molecule has 21 heavy (non-hydrogen) atoms. The highest BCUT2D eigenvalue weighted by atomic mass is 32.2. The largest absolute Gasteiger partial charge is 0.372 e. The Morgan fingerprint density at radius 2 is 2.19 bits per heavy atom. The second-order valence-corrected chi connectivity index (χ2v) is 5.01. The molecule has 0 fully saturated rings. The summed E-state index contributed by atoms with van der Waals surface area (Å²) in [4.78, 5) is 39.1. The van der Waals surface area contributed by atoms with Gasteiger partial charge < -0.3 is 10.1 Å². The summed E-state index contributed by atoms with van der Waals surface area (Å²) in [5, 5.41) is -0.979. The average Bonchev–Trinajstić information content (AvgIpc) is 2.52. The van der Waals surface area contributed by atoms with Gasteiger partial charge in [-0.1, -0.05) is 25.5 Å². The summed E-state index contributed by atoms with van der Waals surface area (Å²) in [6.45, 7) is -4.95. The maximum Gasteiger partial charge on any atom is 0.372 e. The molecule has 118 valence electrons. The van der Waals surface area contributed by atoms with Gasteiger partial charge in [0, 0.05) is 26.9 Å². The predicted octanol–water partition coefficient (Wildman–Crippen LogP) is 0.834. The second-order valence-electron chi connectivity index (χ2n) is 3.90. The minimum Gasteiger partial charge on any atom is -0.372 e. The molecule has 0 saturated heterocycles. The normalized spacial score (nSPS) is 21.3. The zero-order chi connectivity index (χ0) is 23.9. The van der Waals surface area contributed by atoms with Crippen molar-refractivity contribution >= 4 is 34.8 Å². The maximum atomic E-state index is 12.6. The third-order valence-electron chi connectivity index (χ3n) is 2.27. The van der Waals surface area contributed by atoms with Gasteiger partial charge in [-0.2, -0.15) is 0 Å². The molecule has 7 nitrogen and oxygen atoms in total. The lowest BCUT2D eigenvalue weighted by molar-refractivity contribution is -0.133. The molecule has 0 bridgehead atoms. The van der Waals surface area contributed by atoms with Crippen LogP contribution in [0.15, 0.2) is 0 Å². The third-order valence-corrected chi connectivity index (χ3v) is 3.02. The molecular formula is C13H22N3O4S+. The van der Waals surface area contributed by atoms with Gasteiger partial charge in [0.1, 0.15) is 6.10 Å². The summed E-state index contributed by atoms with van der Waals surface area (Å²) in [7, 11) is -2.90. The van der Waals surface area contributed by atoms with E-state index in [1.165, 1.54) is 0 Å². The number of ketones is 1. The molecule has 2 atom stereocenters. The highest BCUT2D eigenvalue weighted by Gasteiger charge is 2.25. The van der Waals surface area contributed by atoms with Crippen molar-refractivity contribution in [1.82, 2.24) is 5.32 Å². The van der Waals surface area contributed by atoms with Crippen LogP contribution in [0.5, 0.6) is 0 Å². The molecule has 0 rings (SSSR count). The molecule has 0 heterocycles. The van der Waals surface area contributed by atoms with Gasteiger partial charge in [-0.05, 0) is 13.3 Å². The van der Waals surface area contributed by atoms with Crippen LogP contribution >= 0.6 is 11.8 Å². The molecular weight excluding hydrogens is 294 g/mol. The van der Waals surface area contributed by atoms with Gasteiger partial charge >= 0.3 is 6.21 Å². The first-order chi connectivity index (χ1) is 13.4. The Bertz CT molecular complexity index is 673. The monoisotopic (exact) mass is 325 g/mol. The van der Waals surface area contributed by atoms with E-state index in [1.54, 1.807) is 0 Å². The molecule has 0 aromatic rings. The summed E-state index contributed by atoms with van der Waals surface area (Å²) in [6.07, 6.45) is -1.60. The third kappa shape index (κ3) is 8.39. The van der Waals surface area contributed by atoms with Gasteiger partial charge in [0.05, 0.1) is 20.5 Å². The SMILES string of the molecule is [2H]C([2H])([2H])O[C@@H](C)C(=O)N[C@@H](CCC(=O)C=[N+]=N)C(=O)SC(C([2H])([2H])[2H])C([2H])([2H])[2H]. The molecule has 0 radical (unpaired) electrons. The first-order valence-corrected chi connectivity index (χ1v) is 6.67. The molecule has 0 aromatic carbocycles. The van der Waals surface area contributed by atoms with Gasteiger partial charge in [0.2, 0.25) is 16.8 Å². The van der Waals surface area contributed by atoms with Gasteiger partial charge in [0.25, 0.3) is 0 Å². The number of hydrogen-bond donors (Lipinski definition) is 2. The number of ether oxygens (including phenoxy) is 1. The highest BCUT2D eigenvalue weighted by Crippen LogP contribution is 2.16. The Labute approximate surface area is 141 Å². The number of nitrogens with zero attached hydrogens (tertiary/aromatic N) is 1. The average molecular weight is 325 g/mol. The van der Waals surface area contributed by atoms with Crippen molar-refractivity contribution in [2.45, 2.75) is 50.9 Å². The number of thioether (sulfide) groups is 1. The summed E-state index contributed by atoms with van der Waals surface area (Å²) in [5.41, 5.74) is 6.60. The first kappa shape index (κ1) is 8.82. The molecule has 0 aliphatic carbocycles. The Kier molecular flexibility index (Phi) is 4.31. The predicted molar refractivity (Wildman–Crippen MR) is 79.4 cm³/mol. The van der Waals surface area contributed by atoms with Crippen molar-refractivity contribution in [1.29, 1.82) is 5.53 Å². The van der Waals surface area contributed by atoms with E-state index in [0.29, 0.717) is 6.21 Å². The number of nitrogens with one attached hydrogen (secondary N) is 2. The number of carbonyl (C=O) groups is 3. The van der Waals surface area contributed by atoms with E-state index in [1.807, 2.05) is 0 Å². The van der Waals surface area contributed by atoms with E-state index in [4.69, 9.17) is 17.9 Å². The van der Waals surface area contributed by atoms with Crippen molar-refractivity contribution in [3.63, 3.8) is 0 Å². The number of Topliss-reactive ketones (excluding diaryl/α,β-unsaturated/α-hetero) is 1. The molecule has 8 heteroatoms. The number of methoxy groups -OCH3 is 1. The first-order valence-electron chi connectivity index (χ1n) is 10.3. The summed E-state index contributed by atoms with van der Waals surface area (Å²) in [6, 6.07) is -1.51. The Hall–Kier alpha value is -1.50. The fourth-order valence-electron chi connectivity index (χ4n) is 1.21. The zero-order valence-electron chi connectivity index (χ0n) is 20.2. The van der Waals surface area contributed by atoms with Gasteiger partial charge in [-0.3, -0.25) is 14.4 Å². The zero-order valence-corrected chi connectivity index (χ0v) is 12.0. The van der Waals surface area contributed by atoms with Crippen LogP contribution in [-0.2, 0) is 19.1 Å². The highest BCUT2D eigenvalue weighted by molar-refractivity contribution is 8.14. The van der Waals surface area contributed by atoms with Crippen molar-refractivity contribution in [3.8, 4) is 0 Å². The van der Waals surface area contributed by atoms with E-state index in [0.717, 1.165) is 6.92 Å². The number of hydrogen-bond acceptors (Lipinski definition) is 6. The van der Waals surface area contributed by atoms with Crippen LogP contribution in [-0.4, -0.2) is 52.2 Å². The van der Waals surface area contributed by atoms with E-state index >= 15 is 0 Å². The van der Waals surface area contributed by atoms with Crippen molar-refractivity contribution in [2.75, 3.05) is 7.04 Å². The van der Waals surface area contributed by atoms with E-state index in [-0.39, 0.29) is 24.6 Å². The maximum absolute atomic E-state index is 12.6. The fraction of sp³-hybridized carbons (Fsp3) is 0.692. The van der Waals surface area contributed by atoms with Crippen LogP contribution in [0, 0.1) is 5.53 Å². The molecule has 0 aromatic heterocycles. The summed E-state index contributed by atoms with van der Waals surface area (Å²) < 4.78 is 69.6. The van der Waals surface area contributed by atoms with E-state index in [9.17, 15) is 14.4 Å². The number of amides is 1. The number of rotatable bonds is 9. The fourth-order valence-corrected chi connectivity index (χ4v) is 1.79. The molecule has 0 aliphatic rings. The van der Waals surface area contributed by atoms with Crippen LogP contribution in [0.3, 0.4) is 0 Å².